The zero-order valence-corrected chi connectivity index (χ0v) is 13.9. The molecule has 0 radical (unpaired) electrons. The van der Waals surface area contributed by atoms with Gasteiger partial charge in [-0.2, -0.15) is 0 Å². The van der Waals surface area contributed by atoms with Gasteiger partial charge in [0.1, 0.15) is 17.6 Å². The molecule has 0 aliphatic carbocycles. The third-order valence-electron chi connectivity index (χ3n) is 3.87. The highest BCUT2D eigenvalue weighted by Gasteiger charge is 2.22. The standard InChI is InChI=1S/C18H18N4O3/c1-22-9-8-19-17(22)16(12-4-3-5-14(10-12)25-2)21-18(24)13-6-7-15(23)20-11-13/h3-11,16H,1-2H3,(H,20,23)(H,21,24)/t16-/m0/s1. The fourth-order valence-corrected chi connectivity index (χ4v) is 2.54. The van der Waals surface area contributed by atoms with Gasteiger partial charge in [0.05, 0.1) is 12.7 Å². The molecule has 3 rings (SSSR count). The van der Waals surface area contributed by atoms with Crippen LogP contribution < -0.4 is 15.6 Å². The minimum atomic E-state index is -0.463. The molecular weight excluding hydrogens is 320 g/mol. The molecule has 0 aliphatic rings. The van der Waals surface area contributed by atoms with E-state index < -0.39 is 6.04 Å². The minimum absolute atomic E-state index is 0.259. The number of nitrogens with one attached hydrogen (secondary N) is 2. The molecule has 3 aromatic rings. The van der Waals surface area contributed by atoms with E-state index in [1.54, 1.807) is 13.3 Å². The van der Waals surface area contributed by atoms with Crippen molar-refractivity contribution in [2.45, 2.75) is 6.04 Å². The number of amides is 1. The van der Waals surface area contributed by atoms with E-state index in [9.17, 15) is 9.59 Å². The molecule has 2 heterocycles. The molecule has 25 heavy (non-hydrogen) atoms. The molecule has 1 atom stereocenters. The van der Waals surface area contributed by atoms with E-state index in [-0.39, 0.29) is 11.5 Å². The summed E-state index contributed by atoms with van der Waals surface area (Å²) in [6.45, 7) is 0. The van der Waals surface area contributed by atoms with E-state index in [2.05, 4.69) is 15.3 Å². The molecule has 0 saturated heterocycles. The SMILES string of the molecule is COc1cccc([C@H](NC(=O)c2ccc(=O)[nH]c2)c2nccn2C)c1. The summed E-state index contributed by atoms with van der Waals surface area (Å²) < 4.78 is 7.12. The van der Waals surface area contributed by atoms with E-state index >= 15 is 0 Å². The molecule has 7 nitrogen and oxygen atoms in total. The fourth-order valence-electron chi connectivity index (χ4n) is 2.54. The predicted molar refractivity (Wildman–Crippen MR) is 92.6 cm³/mol. The van der Waals surface area contributed by atoms with Gasteiger partial charge in [0.2, 0.25) is 5.56 Å². The lowest BCUT2D eigenvalue weighted by atomic mass is 10.0. The number of methoxy groups -OCH3 is 1. The highest BCUT2D eigenvalue weighted by Crippen LogP contribution is 2.24. The molecular formula is C18H18N4O3. The van der Waals surface area contributed by atoms with Gasteiger partial charge in [-0.05, 0) is 23.8 Å². The Morgan fingerprint density at radius 2 is 2.16 bits per heavy atom. The smallest absolute Gasteiger partial charge is 0.253 e. The molecule has 1 amide bonds. The van der Waals surface area contributed by atoms with Gasteiger partial charge in [-0.1, -0.05) is 12.1 Å². The largest absolute Gasteiger partial charge is 0.497 e. The first-order chi connectivity index (χ1) is 12.1. The van der Waals surface area contributed by atoms with Crippen molar-refractivity contribution >= 4 is 5.91 Å². The summed E-state index contributed by atoms with van der Waals surface area (Å²) in [7, 11) is 3.45. The van der Waals surface area contributed by atoms with E-state index in [4.69, 9.17) is 4.74 Å². The number of nitrogens with zero attached hydrogens (tertiary/aromatic N) is 2. The van der Waals surface area contributed by atoms with E-state index in [0.29, 0.717) is 17.1 Å². The number of aromatic amines is 1. The van der Waals surface area contributed by atoms with Gasteiger partial charge >= 0.3 is 0 Å². The lowest BCUT2D eigenvalue weighted by molar-refractivity contribution is 0.0940. The van der Waals surface area contributed by atoms with E-state index in [1.165, 1.54) is 18.3 Å². The van der Waals surface area contributed by atoms with Crippen LogP contribution in [0.4, 0.5) is 0 Å². The van der Waals surface area contributed by atoms with Crippen LogP contribution in [0, 0.1) is 0 Å². The topological polar surface area (TPSA) is 89.0 Å². The molecule has 0 fully saturated rings. The Hall–Kier alpha value is -3.35. The summed E-state index contributed by atoms with van der Waals surface area (Å²) in [4.78, 5) is 30.6. The van der Waals surface area contributed by atoms with Crippen LogP contribution in [-0.2, 0) is 7.05 Å². The second-order valence-electron chi connectivity index (χ2n) is 5.52. The number of benzene rings is 1. The van der Waals surface area contributed by atoms with Gasteiger partial charge in [0, 0.05) is 31.7 Å². The van der Waals surface area contributed by atoms with Crippen molar-refractivity contribution in [3.63, 3.8) is 0 Å². The highest BCUT2D eigenvalue weighted by atomic mass is 16.5. The second-order valence-corrected chi connectivity index (χ2v) is 5.52. The Morgan fingerprint density at radius 3 is 2.80 bits per heavy atom. The van der Waals surface area contributed by atoms with Gasteiger partial charge in [0.15, 0.2) is 0 Å². The Bertz CT molecular complexity index is 925. The summed E-state index contributed by atoms with van der Waals surface area (Å²) in [5.41, 5.74) is 0.943. The molecule has 2 N–H and O–H groups in total. The summed E-state index contributed by atoms with van der Waals surface area (Å²) in [6.07, 6.45) is 4.88. The number of carbonyl (C=O) groups excluding carboxylic acids is 1. The minimum Gasteiger partial charge on any atom is -0.497 e. The van der Waals surface area contributed by atoms with Gasteiger partial charge in [-0.3, -0.25) is 9.59 Å². The van der Waals surface area contributed by atoms with Crippen LogP contribution in [0.15, 0.2) is 59.8 Å². The third kappa shape index (κ3) is 3.60. The zero-order valence-electron chi connectivity index (χ0n) is 13.9. The first-order valence-electron chi connectivity index (χ1n) is 7.69. The third-order valence-corrected chi connectivity index (χ3v) is 3.87. The number of ether oxygens (including phenoxy) is 1. The highest BCUT2D eigenvalue weighted by molar-refractivity contribution is 5.94. The molecule has 1 aromatic carbocycles. The van der Waals surface area contributed by atoms with Crippen LogP contribution >= 0.6 is 0 Å². The number of hydrogen-bond donors (Lipinski definition) is 2. The second kappa shape index (κ2) is 7.04. The van der Waals surface area contributed by atoms with Crippen LogP contribution in [0.25, 0.3) is 0 Å². The van der Waals surface area contributed by atoms with Gasteiger partial charge in [-0.15, -0.1) is 0 Å². The number of imidazole rings is 1. The number of H-pyrrole nitrogens is 1. The van der Waals surface area contributed by atoms with Crippen molar-refractivity contribution in [1.82, 2.24) is 19.9 Å². The van der Waals surface area contributed by atoms with Crippen molar-refractivity contribution in [1.29, 1.82) is 0 Å². The van der Waals surface area contributed by atoms with Crippen LogP contribution in [0.5, 0.6) is 5.75 Å². The van der Waals surface area contributed by atoms with Crippen molar-refractivity contribution in [2.24, 2.45) is 7.05 Å². The van der Waals surface area contributed by atoms with Crippen molar-refractivity contribution in [3.05, 3.63) is 82.3 Å². The summed E-state index contributed by atoms with van der Waals surface area (Å²) >= 11 is 0. The van der Waals surface area contributed by atoms with Crippen molar-refractivity contribution in [3.8, 4) is 5.75 Å². The Morgan fingerprint density at radius 1 is 1.32 bits per heavy atom. The monoisotopic (exact) mass is 338 g/mol. The number of aromatic nitrogens is 3. The average Bonchev–Trinajstić information content (AvgIpc) is 3.06. The van der Waals surface area contributed by atoms with Gasteiger partial charge in [0.25, 0.3) is 5.91 Å². The number of aryl methyl sites for hydroxylation is 1. The molecule has 0 bridgehead atoms. The maximum atomic E-state index is 12.6. The first-order valence-corrected chi connectivity index (χ1v) is 7.69. The van der Waals surface area contributed by atoms with Crippen LogP contribution in [0.1, 0.15) is 27.8 Å². The van der Waals surface area contributed by atoms with Crippen LogP contribution in [-0.4, -0.2) is 27.6 Å². The molecule has 0 saturated carbocycles. The fraction of sp³-hybridized carbons (Fsp3) is 0.167. The Kier molecular flexibility index (Phi) is 4.65. The molecule has 0 unspecified atom stereocenters. The number of hydrogen-bond acceptors (Lipinski definition) is 4. The average molecular weight is 338 g/mol. The number of pyridine rings is 1. The number of carbonyl (C=O) groups is 1. The normalized spacial score (nSPS) is 11.8. The maximum absolute atomic E-state index is 12.6. The predicted octanol–water partition coefficient (Wildman–Crippen LogP) is 1.64. The van der Waals surface area contributed by atoms with Gasteiger partial charge in [-0.25, -0.2) is 4.98 Å². The lowest BCUT2D eigenvalue weighted by Crippen LogP contribution is -2.31. The van der Waals surface area contributed by atoms with Crippen molar-refractivity contribution < 1.29 is 9.53 Å². The van der Waals surface area contributed by atoms with Gasteiger partial charge < -0.3 is 19.6 Å². The number of rotatable bonds is 5. The Balaban J connectivity index is 1.96. The Labute approximate surface area is 144 Å². The van der Waals surface area contributed by atoms with Crippen LogP contribution in [0.2, 0.25) is 0 Å². The molecule has 0 spiro atoms. The van der Waals surface area contributed by atoms with E-state index in [0.717, 1.165) is 5.56 Å². The quantitative estimate of drug-likeness (QED) is 0.740. The van der Waals surface area contributed by atoms with Crippen molar-refractivity contribution in [2.75, 3.05) is 7.11 Å². The molecule has 2 aromatic heterocycles. The summed E-state index contributed by atoms with van der Waals surface area (Å²) in [5, 5.41) is 2.96. The lowest BCUT2D eigenvalue weighted by Gasteiger charge is -2.19. The van der Waals surface area contributed by atoms with Crippen LogP contribution in [0.3, 0.4) is 0 Å². The first kappa shape index (κ1) is 16.5. The summed E-state index contributed by atoms with van der Waals surface area (Å²) in [6, 6.07) is 9.78. The molecule has 7 heteroatoms. The molecule has 128 valence electrons. The molecule has 0 aliphatic heterocycles. The zero-order chi connectivity index (χ0) is 17.8. The maximum Gasteiger partial charge on any atom is 0.253 e. The summed E-state index contributed by atoms with van der Waals surface area (Å²) in [5.74, 6) is 1.06. The van der Waals surface area contributed by atoms with E-state index in [1.807, 2.05) is 42.1 Å².